The summed E-state index contributed by atoms with van der Waals surface area (Å²) in [6.45, 7) is 0. The van der Waals surface area contributed by atoms with Crippen LogP contribution >= 0.6 is 0 Å². The fourth-order valence-electron chi connectivity index (χ4n) is 8.51. The fraction of sp³-hybridized carbons (Fsp3) is 0. The van der Waals surface area contributed by atoms with Crippen LogP contribution in [-0.4, -0.2) is 25.5 Å². The molecule has 10 aromatic rings. The molecule has 0 bridgehead atoms. The van der Waals surface area contributed by atoms with Crippen LogP contribution in [0.5, 0.6) is 0 Å². The minimum absolute atomic E-state index is 0.202. The predicted molar refractivity (Wildman–Crippen MR) is 225 cm³/mol. The summed E-state index contributed by atoms with van der Waals surface area (Å²) < 4.78 is 4.77. The van der Waals surface area contributed by atoms with E-state index in [9.17, 15) is 0 Å². The molecule has 7 aromatic carbocycles. The lowest BCUT2D eigenvalue weighted by Crippen LogP contribution is -2.17. The van der Waals surface area contributed by atoms with E-state index in [0.29, 0.717) is 0 Å². The average Bonchev–Trinajstić information content (AvgIpc) is 3.75. The van der Waals surface area contributed by atoms with Crippen LogP contribution in [0.4, 0.5) is 0 Å². The van der Waals surface area contributed by atoms with Crippen molar-refractivity contribution in [2.24, 2.45) is 0 Å². The number of hydrogen-bond donors (Lipinski definition) is 2. The Bertz CT molecular complexity index is 3010. The number of pyridine rings is 1. The first-order valence-corrected chi connectivity index (χ1v) is 18.1. The van der Waals surface area contributed by atoms with Gasteiger partial charge in [0, 0.05) is 55.0 Å². The third-order valence-electron chi connectivity index (χ3n) is 10.9. The summed E-state index contributed by atoms with van der Waals surface area (Å²) in [5.41, 5.74) is 13.4. The van der Waals surface area contributed by atoms with E-state index >= 15 is 0 Å². The summed E-state index contributed by atoms with van der Waals surface area (Å²) in [4.78, 5) is 5.28. The molecule has 1 aliphatic rings. The summed E-state index contributed by atoms with van der Waals surface area (Å²) in [6.07, 6.45) is 3.64. The Morgan fingerprint density at radius 2 is 0.907 bits per heavy atom. The van der Waals surface area contributed by atoms with Gasteiger partial charge in [-0.25, -0.2) is 4.98 Å². The van der Waals surface area contributed by atoms with Crippen molar-refractivity contribution in [2.75, 3.05) is 0 Å². The molecule has 5 nitrogen and oxygen atoms in total. The third-order valence-corrected chi connectivity index (χ3v) is 10.9. The second kappa shape index (κ2) is 11.6. The Hall–Kier alpha value is -7.37. The highest BCUT2D eigenvalue weighted by atomic mass is 15.0. The van der Waals surface area contributed by atoms with Crippen LogP contribution in [0.2, 0.25) is 0 Å². The molecule has 0 fully saturated rings. The van der Waals surface area contributed by atoms with Crippen LogP contribution in [-0.2, 0) is 0 Å². The maximum atomic E-state index is 9.01. The summed E-state index contributed by atoms with van der Waals surface area (Å²) in [5, 5.41) is 23.3. The van der Waals surface area contributed by atoms with E-state index in [1.54, 1.807) is 6.08 Å². The van der Waals surface area contributed by atoms with Crippen molar-refractivity contribution in [2.45, 2.75) is 0 Å². The monoisotopic (exact) mass is 689 g/mol. The van der Waals surface area contributed by atoms with Crippen molar-refractivity contribution >= 4 is 72.0 Å². The zero-order valence-corrected chi connectivity index (χ0v) is 29.1. The first-order chi connectivity index (χ1) is 26.6. The van der Waals surface area contributed by atoms with Crippen LogP contribution in [0.15, 0.2) is 170 Å². The predicted octanol–water partition coefficient (Wildman–Crippen LogP) is 12.2. The van der Waals surface area contributed by atoms with Gasteiger partial charge in [-0.2, -0.15) is 0 Å². The summed E-state index contributed by atoms with van der Waals surface area (Å²) >= 11 is 0. The van der Waals surface area contributed by atoms with Crippen LogP contribution in [0.3, 0.4) is 0 Å². The van der Waals surface area contributed by atoms with Gasteiger partial charge < -0.3 is 9.13 Å². The number of para-hydroxylation sites is 4. The molecule has 54 heavy (non-hydrogen) atoms. The van der Waals surface area contributed by atoms with Gasteiger partial charge in [0.25, 0.3) is 0 Å². The largest absolute Gasteiger partial charge is 0.309 e. The van der Waals surface area contributed by atoms with Crippen molar-refractivity contribution in [3.8, 4) is 33.8 Å². The quantitative estimate of drug-likeness (QED) is 0.190. The molecule has 0 atom stereocenters. The van der Waals surface area contributed by atoms with Crippen LogP contribution in [0, 0.1) is 10.8 Å². The smallest absolute Gasteiger partial charge is 0.0875 e. The van der Waals surface area contributed by atoms with Gasteiger partial charge in [-0.15, -0.1) is 0 Å². The Labute approximate surface area is 310 Å². The number of hydrogen-bond acceptors (Lipinski definition) is 3. The lowest BCUT2D eigenvalue weighted by molar-refractivity contribution is 1.13. The van der Waals surface area contributed by atoms with Gasteiger partial charge in [-0.05, 0) is 71.8 Å². The number of fused-ring (bicyclic) bond motifs is 9. The second-order valence-corrected chi connectivity index (χ2v) is 13.9. The standard InChI is InChI=1S/C49H31N5/c50-41-25-24-40-47(48(41)51)39-23-22-31(28-42(39)52-49(40)30-12-2-1-3-13-30)32-26-33(53-43-18-8-4-14-35(43)36-15-5-9-19-44(36)53)29-34(27-32)54-45-20-10-6-16-37(45)38-17-7-11-21-46(38)54/h1-29,50-51H. The lowest BCUT2D eigenvalue weighted by Gasteiger charge is -2.20. The first kappa shape index (κ1) is 30.3. The molecule has 0 radical (unpaired) electrons. The highest BCUT2D eigenvalue weighted by molar-refractivity contribution is 6.54. The van der Waals surface area contributed by atoms with E-state index in [1.807, 2.05) is 24.3 Å². The molecule has 0 spiro atoms. The molecular weight excluding hydrogens is 659 g/mol. The first-order valence-electron chi connectivity index (χ1n) is 18.1. The van der Waals surface area contributed by atoms with Crippen molar-refractivity contribution in [1.82, 2.24) is 14.1 Å². The maximum absolute atomic E-state index is 9.01. The highest BCUT2D eigenvalue weighted by Crippen LogP contribution is 2.40. The van der Waals surface area contributed by atoms with Crippen LogP contribution in [0.25, 0.3) is 94.3 Å². The molecule has 252 valence electrons. The molecule has 1 aliphatic carbocycles. The average molecular weight is 690 g/mol. The maximum Gasteiger partial charge on any atom is 0.0875 e. The van der Waals surface area contributed by atoms with Crippen LogP contribution < -0.4 is 0 Å². The number of rotatable bonds is 4. The summed E-state index contributed by atoms with van der Waals surface area (Å²) in [6, 6.07) is 58.0. The van der Waals surface area contributed by atoms with Gasteiger partial charge in [-0.3, -0.25) is 10.8 Å². The third kappa shape index (κ3) is 4.42. The Morgan fingerprint density at radius 3 is 1.44 bits per heavy atom. The van der Waals surface area contributed by atoms with Gasteiger partial charge in [-0.1, -0.05) is 115 Å². The Morgan fingerprint density at radius 1 is 0.407 bits per heavy atom. The molecule has 0 aliphatic heterocycles. The molecule has 0 saturated carbocycles. The van der Waals surface area contributed by atoms with Crippen molar-refractivity contribution in [3.05, 3.63) is 181 Å². The summed E-state index contributed by atoms with van der Waals surface area (Å²) in [5.74, 6) is 0. The Kier molecular flexibility index (Phi) is 6.49. The molecule has 3 heterocycles. The van der Waals surface area contributed by atoms with E-state index in [-0.39, 0.29) is 11.4 Å². The SMILES string of the molecule is N=C1C=Cc2c(-c3ccccc3)nc3cc(-c4cc(-n5c6ccccc6c6ccccc65)cc(-n5c6ccccc6c6ccccc65)c4)ccc3c2C1=N. The van der Waals surface area contributed by atoms with E-state index in [4.69, 9.17) is 15.8 Å². The highest BCUT2D eigenvalue weighted by Gasteiger charge is 2.24. The van der Waals surface area contributed by atoms with E-state index in [0.717, 1.165) is 77.9 Å². The zero-order chi connectivity index (χ0) is 35.9. The Balaban J connectivity index is 1.22. The fourth-order valence-corrected chi connectivity index (χ4v) is 8.51. The molecule has 0 saturated heterocycles. The molecule has 0 unspecified atom stereocenters. The normalized spacial score (nSPS) is 12.8. The summed E-state index contributed by atoms with van der Waals surface area (Å²) in [7, 11) is 0. The topological polar surface area (TPSA) is 70.5 Å². The number of benzene rings is 7. The number of nitrogens with one attached hydrogen (secondary N) is 2. The van der Waals surface area contributed by atoms with Crippen LogP contribution in [0.1, 0.15) is 11.1 Å². The van der Waals surface area contributed by atoms with Gasteiger partial charge in [0.1, 0.15) is 0 Å². The van der Waals surface area contributed by atoms with Gasteiger partial charge in [0.15, 0.2) is 0 Å². The number of aromatic nitrogens is 3. The number of allylic oxidation sites excluding steroid dienone is 1. The van der Waals surface area contributed by atoms with E-state index in [1.165, 1.54) is 21.5 Å². The van der Waals surface area contributed by atoms with Gasteiger partial charge >= 0.3 is 0 Å². The van der Waals surface area contributed by atoms with Gasteiger partial charge in [0.05, 0.1) is 44.7 Å². The van der Waals surface area contributed by atoms with Crippen molar-refractivity contribution < 1.29 is 0 Å². The molecule has 11 rings (SSSR count). The van der Waals surface area contributed by atoms with Gasteiger partial charge in [0.2, 0.25) is 0 Å². The van der Waals surface area contributed by atoms with E-state index in [2.05, 4.69) is 155 Å². The second-order valence-electron chi connectivity index (χ2n) is 13.9. The molecule has 5 heteroatoms. The molecule has 0 amide bonds. The molecular formula is C49H31N5. The minimum atomic E-state index is 0.202. The van der Waals surface area contributed by atoms with Crippen molar-refractivity contribution in [3.63, 3.8) is 0 Å². The zero-order valence-electron chi connectivity index (χ0n) is 29.1. The lowest BCUT2D eigenvalue weighted by atomic mass is 9.87. The molecule has 2 N–H and O–H groups in total. The van der Waals surface area contributed by atoms with E-state index < -0.39 is 0 Å². The minimum Gasteiger partial charge on any atom is -0.309 e. The molecule has 3 aromatic heterocycles. The number of nitrogens with zero attached hydrogens (tertiary/aromatic N) is 3. The van der Waals surface area contributed by atoms with Crippen molar-refractivity contribution in [1.29, 1.82) is 10.8 Å².